The number of hydrogen-bond acceptors (Lipinski definition) is 5. The van der Waals surface area contributed by atoms with E-state index in [1.807, 2.05) is 44.2 Å². The number of nitrogens with zero attached hydrogens (tertiary/aromatic N) is 1. The van der Waals surface area contributed by atoms with E-state index in [9.17, 15) is 9.59 Å². The summed E-state index contributed by atoms with van der Waals surface area (Å²) in [5.74, 6) is 0.101. The lowest BCUT2D eigenvalue weighted by molar-refractivity contribution is 0.0379. The molecule has 0 saturated carbocycles. The summed E-state index contributed by atoms with van der Waals surface area (Å²) in [5.41, 5.74) is 3.00. The predicted molar refractivity (Wildman–Crippen MR) is 161 cm³/mol. The van der Waals surface area contributed by atoms with Crippen molar-refractivity contribution in [2.24, 2.45) is 0 Å². The lowest BCUT2D eigenvalue weighted by Gasteiger charge is -2.19. The minimum Gasteiger partial charge on any atom is -0.459 e. The number of furan rings is 1. The normalized spacial score (nSPS) is 11.8. The van der Waals surface area contributed by atoms with Crippen LogP contribution in [0.4, 0.5) is 0 Å². The van der Waals surface area contributed by atoms with Gasteiger partial charge in [-0.15, -0.1) is 0 Å². The quantitative estimate of drug-likeness (QED) is 0.137. The zero-order valence-corrected chi connectivity index (χ0v) is 24.4. The third-order valence-electron chi connectivity index (χ3n) is 6.84. The molecule has 2 aromatic carbocycles. The van der Waals surface area contributed by atoms with Crippen molar-refractivity contribution in [2.45, 2.75) is 85.7 Å². The summed E-state index contributed by atoms with van der Waals surface area (Å²) >= 11 is 0. The highest BCUT2D eigenvalue weighted by atomic mass is 16.5. The number of aryl methyl sites for hydroxylation is 1. The van der Waals surface area contributed by atoms with Gasteiger partial charge in [0.2, 0.25) is 0 Å². The third kappa shape index (κ3) is 8.40. The second-order valence-electron chi connectivity index (χ2n) is 10.5. The van der Waals surface area contributed by atoms with Crippen molar-refractivity contribution in [3.63, 3.8) is 0 Å². The van der Waals surface area contributed by atoms with Gasteiger partial charge in [-0.25, -0.2) is 4.79 Å². The highest BCUT2D eigenvalue weighted by molar-refractivity contribution is 6.18. The number of esters is 1. The van der Waals surface area contributed by atoms with Crippen LogP contribution in [0.1, 0.15) is 111 Å². The Morgan fingerprint density at radius 1 is 0.923 bits per heavy atom. The van der Waals surface area contributed by atoms with Gasteiger partial charge in [-0.05, 0) is 57.8 Å². The Morgan fingerprint density at radius 3 is 2.21 bits per heavy atom. The average Bonchev–Trinajstić information content (AvgIpc) is 3.31. The van der Waals surface area contributed by atoms with Gasteiger partial charge in [0.05, 0.1) is 11.7 Å². The molecule has 0 unspecified atom stereocenters. The molecular weight excluding hydrogens is 486 g/mol. The number of fused-ring (bicyclic) bond motifs is 1. The van der Waals surface area contributed by atoms with E-state index >= 15 is 0 Å². The Kier molecular flexibility index (Phi) is 12.0. The van der Waals surface area contributed by atoms with Crippen molar-refractivity contribution < 1.29 is 18.7 Å². The maximum Gasteiger partial charge on any atom is 0.342 e. The van der Waals surface area contributed by atoms with Gasteiger partial charge in [-0.1, -0.05) is 88.6 Å². The molecule has 0 spiro atoms. The monoisotopic (exact) mass is 531 g/mol. The molecule has 210 valence electrons. The third-order valence-corrected chi connectivity index (χ3v) is 6.84. The van der Waals surface area contributed by atoms with Crippen molar-refractivity contribution in [3.8, 4) is 0 Å². The maximum atomic E-state index is 13.8. The van der Waals surface area contributed by atoms with Gasteiger partial charge in [0.1, 0.15) is 16.9 Å². The van der Waals surface area contributed by atoms with Gasteiger partial charge in [0.15, 0.2) is 5.78 Å². The molecule has 1 heterocycles. The van der Waals surface area contributed by atoms with Gasteiger partial charge in [-0.3, -0.25) is 9.69 Å². The first-order chi connectivity index (χ1) is 18.9. The number of ketones is 1. The Hall–Kier alpha value is -3.18. The number of benzene rings is 2. The smallest absolute Gasteiger partial charge is 0.342 e. The van der Waals surface area contributed by atoms with Crippen molar-refractivity contribution in [3.05, 3.63) is 76.6 Å². The number of carbonyl (C=O) groups excluding carboxylic acids is 2. The van der Waals surface area contributed by atoms with Crippen LogP contribution in [0.15, 0.2) is 53.0 Å². The summed E-state index contributed by atoms with van der Waals surface area (Å²) < 4.78 is 11.6. The molecule has 0 aliphatic rings. The number of hydrogen-bond donors (Lipinski definition) is 0. The van der Waals surface area contributed by atoms with Gasteiger partial charge >= 0.3 is 5.97 Å². The van der Waals surface area contributed by atoms with Crippen LogP contribution >= 0.6 is 0 Å². The molecule has 0 aliphatic carbocycles. The SMILES string of the molecule is CCCCc1oc2c(C(=O)OC(C)C)cccc2c1C(=O)c1ccc(/C=C/CN(CCCC)CCCC)cc1. The van der Waals surface area contributed by atoms with Crippen LogP contribution in [0, 0.1) is 0 Å². The molecule has 1 aromatic heterocycles. The molecule has 0 N–H and O–H groups in total. The average molecular weight is 532 g/mol. The fourth-order valence-corrected chi connectivity index (χ4v) is 4.65. The highest BCUT2D eigenvalue weighted by Gasteiger charge is 2.25. The fourth-order valence-electron chi connectivity index (χ4n) is 4.65. The zero-order valence-electron chi connectivity index (χ0n) is 24.4. The van der Waals surface area contributed by atoms with E-state index in [0.717, 1.165) is 38.0 Å². The Labute approximate surface area is 234 Å². The largest absolute Gasteiger partial charge is 0.459 e. The van der Waals surface area contributed by atoms with Crippen LogP contribution in [0.3, 0.4) is 0 Å². The van der Waals surface area contributed by atoms with Crippen LogP contribution in [0.5, 0.6) is 0 Å². The molecule has 0 bridgehead atoms. The Bertz CT molecular complexity index is 1230. The molecule has 5 heteroatoms. The van der Waals surface area contributed by atoms with Crippen molar-refractivity contribution in [1.82, 2.24) is 4.90 Å². The molecule has 5 nitrogen and oxygen atoms in total. The number of para-hydroxylation sites is 1. The zero-order chi connectivity index (χ0) is 28.2. The molecule has 3 rings (SSSR count). The first-order valence-electron chi connectivity index (χ1n) is 14.7. The molecule has 0 aliphatic heterocycles. The van der Waals surface area contributed by atoms with Gasteiger partial charge in [0, 0.05) is 23.9 Å². The van der Waals surface area contributed by atoms with Crippen molar-refractivity contribution in [1.29, 1.82) is 0 Å². The highest BCUT2D eigenvalue weighted by Crippen LogP contribution is 2.32. The maximum absolute atomic E-state index is 13.8. The number of unbranched alkanes of at least 4 members (excludes halogenated alkanes) is 3. The molecule has 0 radical (unpaired) electrons. The molecule has 0 saturated heterocycles. The van der Waals surface area contributed by atoms with Crippen molar-refractivity contribution >= 4 is 28.8 Å². The Morgan fingerprint density at radius 2 is 1.59 bits per heavy atom. The number of rotatable bonds is 16. The molecule has 3 aromatic rings. The topological polar surface area (TPSA) is 59.8 Å². The van der Waals surface area contributed by atoms with Gasteiger partial charge in [-0.2, -0.15) is 0 Å². The van der Waals surface area contributed by atoms with E-state index in [2.05, 4.69) is 37.8 Å². The predicted octanol–water partition coefficient (Wildman–Crippen LogP) is 8.49. The summed E-state index contributed by atoms with van der Waals surface area (Å²) in [4.78, 5) is 29.0. The van der Waals surface area contributed by atoms with Crippen LogP contribution in [0.25, 0.3) is 17.0 Å². The second kappa shape index (κ2) is 15.4. The molecular formula is C34H45NO4. The van der Waals surface area contributed by atoms with Gasteiger partial charge < -0.3 is 9.15 Å². The van der Waals surface area contributed by atoms with Crippen molar-refractivity contribution in [2.75, 3.05) is 19.6 Å². The van der Waals surface area contributed by atoms with E-state index in [0.29, 0.717) is 39.8 Å². The van der Waals surface area contributed by atoms with Crippen LogP contribution in [-0.4, -0.2) is 42.4 Å². The number of ether oxygens (including phenoxy) is 1. The van der Waals surface area contributed by atoms with Crippen LogP contribution < -0.4 is 0 Å². The molecule has 0 atom stereocenters. The van der Waals surface area contributed by atoms with E-state index < -0.39 is 5.97 Å². The standard InChI is InChI=1S/C34H45NO4/c1-6-9-17-30-31(28-15-12-16-29(33(28)39-30)34(37)38-25(4)5)32(36)27-20-18-26(19-21-27)14-13-24-35(22-10-7-2)23-11-8-3/h12-16,18-21,25H,6-11,17,22-24H2,1-5H3/b14-13+. The summed E-state index contributed by atoms with van der Waals surface area (Å²) in [6, 6.07) is 13.1. The number of carbonyl (C=O) groups is 2. The van der Waals surface area contributed by atoms with E-state index in [4.69, 9.17) is 9.15 Å². The van der Waals surface area contributed by atoms with Gasteiger partial charge in [0.25, 0.3) is 0 Å². The summed E-state index contributed by atoms with van der Waals surface area (Å²) in [7, 11) is 0. The van der Waals surface area contributed by atoms with E-state index in [-0.39, 0.29) is 11.9 Å². The molecule has 0 amide bonds. The molecule has 39 heavy (non-hydrogen) atoms. The lowest BCUT2D eigenvalue weighted by atomic mass is 9.97. The van der Waals surface area contributed by atoms with E-state index in [1.54, 1.807) is 12.1 Å². The first kappa shape index (κ1) is 30.4. The first-order valence-corrected chi connectivity index (χ1v) is 14.7. The van der Waals surface area contributed by atoms with Crippen LogP contribution in [-0.2, 0) is 11.2 Å². The summed E-state index contributed by atoms with van der Waals surface area (Å²) in [5, 5.41) is 0.660. The molecule has 0 fully saturated rings. The minimum absolute atomic E-state index is 0.0879. The lowest BCUT2D eigenvalue weighted by Crippen LogP contribution is -2.26. The van der Waals surface area contributed by atoms with E-state index in [1.165, 1.54) is 25.7 Å². The minimum atomic E-state index is -0.440. The Balaban J connectivity index is 1.84. The van der Waals surface area contributed by atoms with Crippen LogP contribution in [0.2, 0.25) is 0 Å². The summed E-state index contributed by atoms with van der Waals surface area (Å²) in [6.45, 7) is 13.4. The second-order valence-corrected chi connectivity index (χ2v) is 10.5. The summed E-state index contributed by atoms with van der Waals surface area (Å²) in [6.07, 6.45) is 11.5. The fraction of sp³-hybridized carbons (Fsp3) is 0.471.